The van der Waals surface area contributed by atoms with Crippen LogP contribution < -0.4 is 5.01 Å². The fraction of sp³-hybridized carbons (Fsp3) is 0.278. The van der Waals surface area contributed by atoms with Crippen LogP contribution in [0.3, 0.4) is 0 Å². The molecule has 1 aliphatic rings. The Kier molecular flexibility index (Phi) is 3.55. The molecule has 0 fully saturated rings. The van der Waals surface area contributed by atoms with Crippen molar-refractivity contribution in [2.45, 2.75) is 26.3 Å². The summed E-state index contributed by atoms with van der Waals surface area (Å²) in [6.45, 7) is 4.54. The molecule has 0 saturated carbocycles. The molecule has 3 rings (SSSR count). The van der Waals surface area contributed by atoms with Crippen LogP contribution in [0.2, 0.25) is 0 Å². The zero-order valence-corrected chi connectivity index (χ0v) is 12.0. The third kappa shape index (κ3) is 2.46. The molecule has 0 saturated heterocycles. The van der Waals surface area contributed by atoms with Crippen molar-refractivity contribution in [3.8, 4) is 0 Å². The van der Waals surface area contributed by atoms with Crippen LogP contribution in [0.25, 0.3) is 0 Å². The van der Waals surface area contributed by atoms with E-state index in [2.05, 4.69) is 67.4 Å². The molecule has 102 valence electrons. The molecule has 0 aliphatic carbocycles. The number of hydrogen-bond donors (Lipinski definition) is 0. The Balaban J connectivity index is 1.96. The standard InChI is InChI=1S/C18H20N2/c1-14(2)18-13-17(15-9-5-3-6-10-15)19-20(18)16-11-7-4-8-12-16/h3-12,14,18H,13H2,1-2H3. The summed E-state index contributed by atoms with van der Waals surface area (Å²) in [4.78, 5) is 0. The molecule has 2 heteroatoms. The first-order valence-electron chi connectivity index (χ1n) is 7.23. The highest BCUT2D eigenvalue weighted by atomic mass is 15.5. The minimum absolute atomic E-state index is 0.438. The van der Waals surface area contributed by atoms with E-state index in [4.69, 9.17) is 5.10 Å². The average molecular weight is 264 g/mol. The highest BCUT2D eigenvalue weighted by molar-refractivity contribution is 6.03. The minimum atomic E-state index is 0.438. The second-order valence-electron chi connectivity index (χ2n) is 5.61. The second kappa shape index (κ2) is 5.49. The molecule has 2 aromatic rings. The van der Waals surface area contributed by atoms with Gasteiger partial charge in [-0.15, -0.1) is 0 Å². The van der Waals surface area contributed by atoms with Gasteiger partial charge in [0.2, 0.25) is 0 Å². The molecule has 1 atom stereocenters. The number of anilines is 1. The van der Waals surface area contributed by atoms with Gasteiger partial charge in [0.15, 0.2) is 0 Å². The Morgan fingerprint density at radius 2 is 1.55 bits per heavy atom. The van der Waals surface area contributed by atoms with Crippen LogP contribution >= 0.6 is 0 Å². The SMILES string of the molecule is CC(C)C1CC(c2ccccc2)=NN1c1ccccc1. The Morgan fingerprint density at radius 3 is 2.15 bits per heavy atom. The fourth-order valence-electron chi connectivity index (χ4n) is 2.68. The first-order valence-corrected chi connectivity index (χ1v) is 7.23. The van der Waals surface area contributed by atoms with E-state index in [1.807, 2.05) is 12.1 Å². The summed E-state index contributed by atoms with van der Waals surface area (Å²) in [6, 6.07) is 21.4. The van der Waals surface area contributed by atoms with E-state index in [-0.39, 0.29) is 0 Å². The summed E-state index contributed by atoms with van der Waals surface area (Å²) in [5.74, 6) is 0.570. The van der Waals surface area contributed by atoms with Crippen LogP contribution in [0.15, 0.2) is 65.8 Å². The molecule has 0 bridgehead atoms. The number of hydrogen-bond acceptors (Lipinski definition) is 2. The van der Waals surface area contributed by atoms with Crippen molar-refractivity contribution in [1.29, 1.82) is 0 Å². The monoisotopic (exact) mass is 264 g/mol. The van der Waals surface area contributed by atoms with Gasteiger partial charge in [-0.25, -0.2) is 0 Å². The number of benzene rings is 2. The van der Waals surface area contributed by atoms with Crippen molar-refractivity contribution in [3.63, 3.8) is 0 Å². The van der Waals surface area contributed by atoms with Gasteiger partial charge in [0.1, 0.15) is 0 Å². The quantitative estimate of drug-likeness (QED) is 0.806. The van der Waals surface area contributed by atoms with Crippen LogP contribution in [0.5, 0.6) is 0 Å². The van der Waals surface area contributed by atoms with Crippen molar-refractivity contribution in [3.05, 3.63) is 66.2 Å². The Bertz CT molecular complexity index is 587. The third-order valence-electron chi connectivity index (χ3n) is 3.84. The van der Waals surface area contributed by atoms with Gasteiger partial charge < -0.3 is 0 Å². The first kappa shape index (κ1) is 12.9. The van der Waals surface area contributed by atoms with E-state index in [1.54, 1.807) is 0 Å². The lowest BCUT2D eigenvalue weighted by Crippen LogP contribution is -2.31. The van der Waals surface area contributed by atoms with Crippen LogP contribution in [-0.4, -0.2) is 11.8 Å². The predicted molar refractivity (Wildman–Crippen MR) is 85.1 cm³/mol. The number of rotatable bonds is 3. The average Bonchev–Trinajstić information content (AvgIpc) is 2.94. The van der Waals surface area contributed by atoms with Gasteiger partial charge in [-0.2, -0.15) is 5.10 Å². The number of para-hydroxylation sites is 1. The maximum absolute atomic E-state index is 4.88. The van der Waals surface area contributed by atoms with Gasteiger partial charge >= 0.3 is 0 Å². The zero-order chi connectivity index (χ0) is 13.9. The summed E-state index contributed by atoms with van der Waals surface area (Å²) in [7, 11) is 0. The molecule has 1 aliphatic heterocycles. The van der Waals surface area contributed by atoms with Crippen molar-refractivity contribution in [2.75, 3.05) is 5.01 Å². The molecule has 0 spiro atoms. The van der Waals surface area contributed by atoms with Gasteiger partial charge in [0.05, 0.1) is 17.4 Å². The van der Waals surface area contributed by atoms with E-state index in [9.17, 15) is 0 Å². The van der Waals surface area contributed by atoms with E-state index in [0.29, 0.717) is 12.0 Å². The van der Waals surface area contributed by atoms with Gasteiger partial charge in [-0.3, -0.25) is 5.01 Å². The summed E-state index contributed by atoms with van der Waals surface area (Å²) >= 11 is 0. The molecular weight excluding hydrogens is 244 g/mol. The van der Waals surface area contributed by atoms with Crippen LogP contribution in [0, 0.1) is 5.92 Å². The van der Waals surface area contributed by atoms with Crippen molar-refractivity contribution < 1.29 is 0 Å². The minimum Gasteiger partial charge on any atom is -0.262 e. The van der Waals surface area contributed by atoms with E-state index in [1.165, 1.54) is 17.0 Å². The summed E-state index contributed by atoms with van der Waals surface area (Å²) in [5.41, 5.74) is 3.60. The predicted octanol–water partition coefficient (Wildman–Crippen LogP) is 4.33. The Morgan fingerprint density at radius 1 is 0.950 bits per heavy atom. The molecule has 1 heterocycles. The molecule has 0 radical (unpaired) electrons. The summed E-state index contributed by atoms with van der Waals surface area (Å²) < 4.78 is 0. The molecule has 0 N–H and O–H groups in total. The molecule has 1 unspecified atom stereocenters. The van der Waals surface area contributed by atoms with Crippen molar-refractivity contribution in [2.24, 2.45) is 11.0 Å². The lowest BCUT2D eigenvalue weighted by molar-refractivity contribution is 0.491. The van der Waals surface area contributed by atoms with E-state index >= 15 is 0 Å². The zero-order valence-electron chi connectivity index (χ0n) is 12.0. The molecule has 0 amide bonds. The molecule has 2 aromatic carbocycles. The van der Waals surface area contributed by atoms with Crippen molar-refractivity contribution >= 4 is 11.4 Å². The number of nitrogens with zero attached hydrogens (tertiary/aromatic N) is 2. The third-order valence-corrected chi connectivity index (χ3v) is 3.84. The maximum atomic E-state index is 4.88. The van der Waals surface area contributed by atoms with Crippen molar-refractivity contribution in [1.82, 2.24) is 0 Å². The molecular formula is C18H20N2. The van der Waals surface area contributed by atoms with E-state index < -0.39 is 0 Å². The first-order chi connectivity index (χ1) is 9.75. The molecule has 2 nitrogen and oxygen atoms in total. The Hall–Kier alpha value is -2.09. The maximum Gasteiger partial charge on any atom is 0.0703 e. The fourth-order valence-corrected chi connectivity index (χ4v) is 2.68. The summed E-state index contributed by atoms with van der Waals surface area (Å²) in [6.07, 6.45) is 1.01. The smallest absolute Gasteiger partial charge is 0.0703 e. The summed E-state index contributed by atoms with van der Waals surface area (Å²) in [5, 5.41) is 7.07. The largest absolute Gasteiger partial charge is 0.262 e. The van der Waals surface area contributed by atoms with Crippen LogP contribution in [-0.2, 0) is 0 Å². The van der Waals surface area contributed by atoms with Crippen LogP contribution in [0.4, 0.5) is 5.69 Å². The highest BCUT2D eigenvalue weighted by Gasteiger charge is 2.30. The Labute approximate surface area is 120 Å². The lowest BCUT2D eigenvalue weighted by Gasteiger charge is -2.26. The van der Waals surface area contributed by atoms with Gasteiger partial charge in [0, 0.05) is 6.42 Å². The molecule has 20 heavy (non-hydrogen) atoms. The van der Waals surface area contributed by atoms with Gasteiger partial charge in [-0.05, 0) is 23.6 Å². The second-order valence-corrected chi connectivity index (χ2v) is 5.61. The lowest BCUT2D eigenvalue weighted by atomic mass is 9.96. The van der Waals surface area contributed by atoms with Gasteiger partial charge in [0.25, 0.3) is 0 Å². The normalized spacial score (nSPS) is 18.4. The number of hydrazone groups is 1. The van der Waals surface area contributed by atoms with E-state index in [0.717, 1.165) is 6.42 Å². The topological polar surface area (TPSA) is 15.6 Å². The van der Waals surface area contributed by atoms with Gasteiger partial charge in [-0.1, -0.05) is 62.4 Å². The highest BCUT2D eigenvalue weighted by Crippen LogP contribution is 2.30. The molecule has 0 aromatic heterocycles. The van der Waals surface area contributed by atoms with Crippen LogP contribution in [0.1, 0.15) is 25.8 Å².